The van der Waals surface area contributed by atoms with Crippen LogP contribution < -0.4 is 26.2 Å². The largest absolute Gasteiger partial charge is 0.364 e. The maximum atomic E-state index is 13.9. The molecule has 3 aromatic rings. The van der Waals surface area contributed by atoms with Crippen molar-refractivity contribution < 1.29 is 9.72 Å². The summed E-state index contributed by atoms with van der Waals surface area (Å²) in [6.45, 7) is 4.40. The van der Waals surface area contributed by atoms with Gasteiger partial charge in [-0.05, 0) is 79.4 Å². The van der Waals surface area contributed by atoms with E-state index in [4.69, 9.17) is 12.2 Å². The van der Waals surface area contributed by atoms with E-state index in [0.717, 1.165) is 48.0 Å². The Morgan fingerprint density at radius 2 is 1.73 bits per heavy atom. The van der Waals surface area contributed by atoms with E-state index in [1.807, 2.05) is 86.6 Å². The molecule has 3 aromatic carbocycles. The number of thiocarbonyl (C=S) groups is 1. The first-order valence-electron chi connectivity index (χ1n) is 13.9. The molecule has 0 radical (unpaired) electrons. The molecule has 0 bridgehead atoms. The van der Waals surface area contributed by atoms with Gasteiger partial charge < -0.3 is 26.2 Å². The summed E-state index contributed by atoms with van der Waals surface area (Å²) in [6.07, 6.45) is 3.94. The minimum absolute atomic E-state index is 0.0742. The third-order valence-corrected chi connectivity index (χ3v) is 7.23. The zero-order valence-electron chi connectivity index (χ0n) is 23.3. The van der Waals surface area contributed by atoms with Crippen molar-refractivity contribution in [2.75, 3.05) is 15.5 Å². The first kappa shape index (κ1) is 29.5. The number of hydrogen-bond acceptors (Lipinski definition) is 6. The Labute approximate surface area is 246 Å². The Balaban J connectivity index is 1.54. The molecule has 1 heterocycles. The van der Waals surface area contributed by atoms with E-state index < -0.39 is 11.0 Å². The lowest BCUT2D eigenvalue weighted by molar-refractivity contribution is -0.403. The highest BCUT2D eigenvalue weighted by atomic mass is 32.1. The van der Waals surface area contributed by atoms with Gasteiger partial charge in [-0.15, -0.1) is 0 Å². The second-order valence-corrected chi connectivity index (χ2v) is 10.3. The molecular formula is C31H36N6O3S. The maximum absolute atomic E-state index is 13.9. The van der Waals surface area contributed by atoms with E-state index in [1.165, 1.54) is 0 Å². The normalized spacial score (nSPS) is 15.1. The molecule has 0 aromatic heterocycles. The molecule has 0 aliphatic carbocycles. The van der Waals surface area contributed by atoms with Crippen LogP contribution >= 0.6 is 12.2 Å². The second-order valence-electron chi connectivity index (χ2n) is 9.92. The molecule has 4 N–H and O–H groups in total. The van der Waals surface area contributed by atoms with E-state index in [2.05, 4.69) is 27.3 Å². The fraction of sp³-hybridized carbons (Fsp3) is 0.290. The smallest absolute Gasteiger partial charge is 0.274 e. The average molecular weight is 573 g/mol. The first-order chi connectivity index (χ1) is 19.9. The van der Waals surface area contributed by atoms with E-state index in [1.54, 1.807) is 4.90 Å². The summed E-state index contributed by atoms with van der Waals surface area (Å²) < 4.78 is 0. The summed E-state index contributed by atoms with van der Waals surface area (Å²) in [5.41, 5.74) is 4.37. The predicted octanol–water partition coefficient (Wildman–Crippen LogP) is 5.79. The van der Waals surface area contributed by atoms with Crippen molar-refractivity contribution >= 4 is 40.3 Å². The number of carbonyl (C=O) groups excluding carboxylic acids is 1. The Morgan fingerprint density at radius 1 is 1.02 bits per heavy atom. The van der Waals surface area contributed by atoms with Gasteiger partial charge in [-0.1, -0.05) is 62.4 Å². The summed E-state index contributed by atoms with van der Waals surface area (Å²) in [5.74, 6) is 0.246. The number of benzene rings is 3. The molecule has 1 aliphatic heterocycles. The number of rotatable bonds is 11. The molecule has 10 heteroatoms. The van der Waals surface area contributed by atoms with E-state index in [9.17, 15) is 14.9 Å². The van der Waals surface area contributed by atoms with Crippen LogP contribution in [0.1, 0.15) is 44.2 Å². The minimum Gasteiger partial charge on any atom is -0.364 e. The van der Waals surface area contributed by atoms with Crippen molar-refractivity contribution in [3.8, 4) is 0 Å². The first-order valence-corrected chi connectivity index (χ1v) is 14.3. The lowest BCUT2D eigenvalue weighted by Gasteiger charge is -2.27. The Morgan fingerprint density at radius 3 is 2.46 bits per heavy atom. The summed E-state index contributed by atoms with van der Waals surface area (Å²) in [4.78, 5) is 26.5. The molecule has 1 aliphatic rings. The lowest BCUT2D eigenvalue weighted by Crippen LogP contribution is -2.49. The highest BCUT2D eigenvalue weighted by molar-refractivity contribution is 7.80. The molecule has 0 spiro atoms. The van der Waals surface area contributed by atoms with Gasteiger partial charge in [0.2, 0.25) is 5.91 Å². The second kappa shape index (κ2) is 14.3. The van der Waals surface area contributed by atoms with Crippen molar-refractivity contribution in [1.29, 1.82) is 0 Å². The molecule has 4 rings (SSSR count). The van der Waals surface area contributed by atoms with Gasteiger partial charge in [0, 0.05) is 23.1 Å². The van der Waals surface area contributed by atoms with Gasteiger partial charge in [-0.25, -0.2) is 0 Å². The molecular weight excluding hydrogens is 536 g/mol. The zero-order valence-corrected chi connectivity index (χ0v) is 24.1. The third kappa shape index (κ3) is 8.28. The maximum Gasteiger partial charge on any atom is 0.274 e. The summed E-state index contributed by atoms with van der Waals surface area (Å²) >= 11 is 5.54. The van der Waals surface area contributed by atoms with Crippen molar-refractivity contribution in [2.24, 2.45) is 0 Å². The van der Waals surface area contributed by atoms with Crippen LogP contribution in [0.3, 0.4) is 0 Å². The quantitative estimate of drug-likeness (QED) is 0.130. The summed E-state index contributed by atoms with van der Waals surface area (Å²) in [7, 11) is 0. The van der Waals surface area contributed by atoms with Gasteiger partial charge >= 0.3 is 0 Å². The number of nitro groups is 1. The van der Waals surface area contributed by atoms with Crippen molar-refractivity contribution in [3.63, 3.8) is 0 Å². The van der Waals surface area contributed by atoms with Crippen LogP contribution in [0.25, 0.3) is 0 Å². The van der Waals surface area contributed by atoms with Crippen molar-refractivity contribution in [2.45, 2.75) is 58.2 Å². The lowest BCUT2D eigenvalue weighted by atomic mass is 10.1. The molecule has 0 saturated heterocycles. The Kier molecular flexibility index (Phi) is 10.3. The predicted molar refractivity (Wildman–Crippen MR) is 168 cm³/mol. The zero-order chi connectivity index (χ0) is 29.2. The van der Waals surface area contributed by atoms with Gasteiger partial charge in [-0.2, -0.15) is 0 Å². The highest BCUT2D eigenvalue weighted by Crippen LogP contribution is 2.29. The Hall–Kier alpha value is -4.44. The molecule has 41 heavy (non-hydrogen) atoms. The van der Waals surface area contributed by atoms with Crippen LogP contribution in [0, 0.1) is 10.1 Å². The van der Waals surface area contributed by atoms with Crippen LogP contribution in [0.2, 0.25) is 0 Å². The number of aryl methyl sites for hydroxylation is 1. The SMILES string of the molecule is CCC(CC)NC(=C[N+](=O)[O-])Nc1cccc(CN2C(=O)C(NC(=S)Nc3ccccc3)CCc3ccccc32)c1. The number of para-hydroxylation sites is 2. The van der Waals surface area contributed by atoms with Gasteiger partial charge in [0.1, 0.15) is 6.04 Å². The summed E-state index contributed by atoms with van der Waals surface area (Å²) in [5, 5.41) is 24.4. The molecule has 0 fully saturated rings. The molecule has 1 atom stereocenters. The molecule has 1 amide bonds. The Bertz CT molecular complexity index is 1390. The van der Waals surface area contributed by atoms with Gasteiger partial charge in [0.25, 0.3) is 6.20 Å². The van der Waals surface area contributed by atoms with Gasteiger partial charge in [0.05, 0.1) is 11.5 Å². The number of fused-ring (bicyclic) bond motifs is 1. The third-order valence-electron chi connectivity index (χ3n) is 7.01. The summed E-state index contributed by atoms with van der Waals surface area (Å²) in [6, 6.07) is 24.7. The monoisotopic (exact) mass is 572 g/mol. The van der Waals surface area contributed by atoms with Crippen LogP contribution in [-0.2, 0) is 17.8 Å². The van der Waals surface area contributed by atoms with Crippen LogP contribution in [-0.4, -0.2) is 28.0 Å². The van der Waals surface area contributed by atoms with Crippen LogP contribution in [0.5, 0.6) is 0 Å². The van der Waals surface area contributed by atoms with Gasteiger partial charge in [-0.3, -0.25) is 14.9 Å². The number of nitrogens with zero attached hydrogens (tertiary/aromatic N) is 2. The van der Waals surface area contributed by atoms with Gasteiger partial charge in [0.15, 0.2) is 10.9 Å². The number of hydrogen-bond donors (Lipinski definition) is 4. The fourth-order valence-electron chi connectivity index (χ4n) is 4.87. The van der Waals surface area contributed by atoms with Crippen molar-refractivity contribution in [3.05, 3.63) is 112 Å². The highest BCUT2D eigenvalue weighted by Gasteiger charge is 2.31. The van der Waals surface area contributed by atoms with Crippen LogP contribution in [0.15, 0.2) is 90.9 Å². The standard InChI is InChI=1S/C31H36N6O3S/c1-3-24(4-2)32-29(21-37(39)40)33-26-15-10-11-22(19-26)20-36-28-16-9-8-12-23(28)17-18-27(30(36)38)35-31(41)34-25-13-6-5-7-14-25/h5-16,19,21,24,27,32-33H,3-4,17-18,20H2,1-2H3,(H2,34,35,41). The van der Waals surface area contributed by atoms with E-state index in [-0.39, 0.29) is 11.9 Å². The molecule has 9 nitrogen and oxygen atoms in total. The molecule has 214 valence electrons. The minimum atomic E-state index is -0.508. The fourth-order valence-corrected chi connectivity index (χ4v) is 5.13. The number of carbonyl (C=O) groups is 1. The topological polar surface area (TPSA) is 112 Å². The number of anilines is 3. The van der Waals surface area contributed by atoms with Crippen LogP contribution in [0.4, 0.5) is 17.1 Å². The molecule has 1 unspecified atom stereocenters. The molecule has 0 saturated carbocycles. The average Bonchev–Trinajstić information content (AvgIpc) is 3.08. The van der Waals surface area contributed by atoms with E-state index in [0.29, 0.717) is 29.6 Å². The number of nitrogens with one attached hydrogen (secondary N) is 4. The van der Waals surface area contributed by atoms with Crippen molar-refractivity contribution in [1.82, 2.24) is 10.6 Å². The van der Waals surface area contributed by atoms with E-state index >= 15 is 0 Å². The number of amides is 1.